The fourth-order valence-electron chi connectivity index (χ4n) is 4.20. The Kier molecular flexibility index (Phi) is 6.33. The van der Waals surface area contributed by atoms with Crippen LogP contribution in [0.4, 0.5) is 5.82 Å². The van der Waals surface area contributed by atoms with E-state index in [4.69, 9.17) is 14.2 Å². The van der Waals surface area contributed by atoms with Crippen LogP contribution in [0.1, 0.15) is 17.0 Å². The molecule has 0 radical (unpaired) electrons. The quantitative estimate of drug-likeness (QED) is 0.443. The van der Waals surface area contributed by atoms with Gasteiger partial charge in [0.05, 0.1) is 36.7 Å². The molecule has 34 heavy (non-hydrogen) atoms. The molecule has 1 saturated heterocycles. The second kappa shape index (κ2) is 9.70. The molecule has 0 atom stereocenters. The first-order valence-corrected chi connectivity index (χ1v) is 11.4. The number of fused-ring (bicyclic) bond motifs is 1. The lowest BCUT2D eigenvalue weighted by molar-refractivity contribution is 0.0398. The Morgan fingerprint density at radius 1 is 1.12 bits per heavy atom. The molecule has 0 aromatic carbocycles. The smallest absolute Gasteiger partial charge is 0.295 e. The molecule has 4 aromatic heterocycles. The van der Waals surface area contributed by atoms with Crippen LogP contribution in [0.5, 0.6) is 0 Å². The normalized spacial score (nSPS) is 14.5. The van der Waals surface area contributed by atoms with Crippen molar-refractivity contribution in [2.45, 2.75) is 20.4 Å². The van der Waals surface area contributed by atoms with E-state index in [1.54, 1.807) is 17.0 Å². The van der Waals surface area contributed by atoms with Gasteiger partial charge in [0, 0.05) is 38.6 Å². The van der Waals surface area contributed by atoms with E-state index in [0.717, 1.165) is 49.7 Å². The van der Waals surface area contributed by atoms with Crippen LogP contribution in [0, 0.1) is 13.8 Å². The summed E-state index contributed by atoms with van der Waals surface area (Å²) in [6.45, 7) is 8.76. The lowest BCUT2D eigenvalue weighted by Gasteiger charge is -2.26. The highest BCUT2D eigenvalue weighted by Crippen LogP contribution is 2.26. The van der Waals surface area contributed by atoms with Gasteiger partial charge in [0.15, 0.2) is 11.5 Å². The van der Waals surface area contributed by atoms with Crippen molar-refractivity contribution in [2.75, 3.05) is 44.7 Å². The van der Waals surface area contributed by atoms with Crippen molar-refractivity contribution in [3.8, 4) is 11.3 Å². The van der Waals surface area contributed by atoms with Crippen LogP contribution in [-0.2, 0) is 11.3 Å². The highest BCUT2D eigenvalue weighted by molar-refractivity contribution is 5.77. The predicted octanol–water partition coefficient (Wildman–Crippen LogP) is 2.25. The zero-order valence-electron chi connectivity index (χ0n) is 19.3. The van der Waals surface area contributed by atoms with Gasteiger partial charge in [-0.1, -0.05) is 11.2 Å². The third kappa shape index (κ3) is 4.55. The number of nitrogens with one attached hydrogen (secondary N) is 1. The molecule has 4 aromatic rings. The maximum Gasteiger partial charge on any atom is 0.295 e. The molecular weight excluding hydrogens is 434 g/mol. The number of rotatable bonds is 7. The molecule has 0 bridgehead atoms. The molecule has 0 saturated carbocycles. The van der Waals surface area contributed by atoms with Gasteiger partial charge >= 0.3 is 0 Å². The number of hydrogen-bond acceptors (Lipinski definition) is 9. The van der Waals surface area contributed by atoms with Crippen molar-refractivity contribution in [1.29, 1.82) is 0 Å². The summed E-state index contributed by atoms with van der Waals surface area (Å²) in [4.78, 5) is 29.5. The van der Waals surface area contributed by atoms with Gasteiger partial charge in [-0.2, -0.15) is 0 Å². The Labute approximate surface area is 196 Å². The van der Waals surface area contributed by atoms with Crippen LogP contribution in [0.15, 0.2) is 46.0 Å². The Morgan fingerprint density at radius 2 is 1.97 bits per heavy atom. The summed E-state index contributed by atoms with van der Waals surface area (Å²) in [6, 6.07) is 7.57. The van der Waals surface area contributed by atoms with Gasteiger partial charge in [-0.15, -0.1) is 0 Å². The largest absolute Gasteiger partial charge is 0.379 e. The average Bonchev–Trinajstić information content (AvgIpc) is 3.20. The monoisotopic (exact) mass is 461 g/mol. The Balaban J connectivity index is 1.53. The molecule has 0 unspecified atom stereocenters. The highest BCUT2D eigenvalue weighted by atomic mass is 16.5. The van der Waals surface area contributed by atoms with Crippen LogP contribution in [-0.4, -0.2) is 69.0 Å². The van der Waals surface area contributed by atoms with Gasteiger partial charge in [0.1, 0.15) is 11.3 Å². The molecule has 0 amide bonds. The Bertz CT molecular complexity index is 1320. The second-order valence-corrected chi connectivity index (χ2v) is 8.33. The maximum absolute atomic E-state index is 13.5. The standard InChI is InChI=1S/C24H27N7O3/c1-16-21(17(2)34-29-16)19-5-6-20-23(28-19)31(15-18-4-3-7-25-14-18)24(32)22(27-20)26-8-9-30-10-12-33-13-11-30/h3-7,14H,8-13,15H2,1-2H3,(H,26,27). The van der Waals surface area contributed by atoms with Gasteiger partial charge in [0.2, 0.25) is 0 Å². The van der Waals surface area contributed by atoms with E-state index >= 15 is 0 Å². The fourth-order valence-corrected chi connectivity index (χ4v) is 4.20. The summed E-state index contributed by atoms with van der Waals surface area (Å²) in [5.41, 5.74) is 4.09. The molecule has 1 N–H and O–H groups in total. The lowest BCUT2D eigenvalue weighted by atomic mass is 10.1. The van der Waals surface area contributed by atoms with E-state index in [2.05, 4.69) is 25.3 Å². The van der Waals surface area contributed by atoms with Gasteiger partial charge in [0.25, 0.3) is 5.56 Å². The third-order valence-electron chi connectivity index (χ3n) is 5.97. The van der Waals surface area contributed by atoms with Crippen LogP contribution in [0.3, 0.4) is 0 Å². The fraction of sp³-hybridized carbons (Fsp3) is 0.375. The van der Waals surface area contributed by atoms with Gasteiger partial charge in [-0.05, 0) is 37.6 Å². The molecule has 0 aliphatic carbocycles. The van der Waals surface area contributed by atoms with Gasteiger partial charge < -0.3 is 14.6 Å². The number of nitrogens with zero attached hydrogens (tertiary/aromatic N) is 6. The third-order valence-corrected chi connectivity index (χ3v) is 5.97. The number of aryl methyl sites for hydroxylation is 2. The van der Waals surface area contributed by atoms with Crippen molar-refractivity contribution in [3.05, 3.63) is 64.0 Å². The number of anilines is 1. The predicted molar refractivity (Wildman–Crippen MR) is 128 cm³/mol. The van der Waals surface area contributed by atoms with Crippen molar-refractivity contribution in [3.63, 3.8) is 0 Å². The minimum Gasteiger partial charge on any atom is -0.379 e. The maximum atomic E-state index is 13.5. The van der Waals surface area contributed by atoms with Gasteiger partial charge in [-0.3, -0.25) is 19.2 Å². The number of ether oxygens (including phenoxy) is 1. The topological polar surface area (TPSA) is 111 Å². The molecular formula is C24H27N7O3. The Hall–Kier alpha value is -3.63. The van der Waals surface area contributed by atoms with Gasteiger partial charge in [-0.25, -0.2) is 9.97 Å². The molecule has 0 spiro atoms. The first kappa shape index (κ1) is 22.2. The zero-order valence-corrected chi connectivity index (χ0v) is 19.3. The second-order valence-electron chi connectivity index (χ2n) is 8.33. The van der Waals surface area contributed by atoms with E-state index in [1.165, 1.54) is 0 Å². The molecule has 1 aliphatic heterocycles. The lowest BCUT2D eigenvalue weighted by Crippen LogP contribution is -2.39. The van der Waals surface area contributed by atoms with Crippen molar-refractivity contribution in [1.82, 2.24) is 29.6 Å². The summed E-state index contributed by atoms with van der Waals surface area (Å²) in [5.74, 6) is 0.997. The number of hydrogen-bond donors (Lipinski definition) is 1. The SMILES string of the molecule is Cc1noc(C)c1-c1ccc2nc(NCCN3CCOCC3)c(=O)n(Cc3cccnc3)c2n1. The molecule has 1 aliphatic rings. The van der Waals surface area contributed by atoms with E-state index in [9.17, 15) is 4.79 Å². The van der Waals surface area contributed by atoms with Crippen molar-refractivity contribution in [2.24, 2.45) is 0 Å². The first-order chi connectivity index (χ1) is 16.6. The van der Waals surface area contributed by atoms with Crippen LogP contribution in [0.2, 0.25) is 0 Å². The van der Waals surface area contributed by atoms with Crippen LogP contribution in [0.25, 0.3) is 22.4 Å². The summed E-state index contributed by atoms with van der Waals surface area (Å²) < 4.78 is 12.4. The summed E-state index contributed by atoms with van der Waals surface area (Å²) in [6.07, 6.45) is 3.46. The number of aromatic nitrogens is 5. The van der Waals surface area contributed by atoms with Crippen molar-refractivity contribution < 1.29 is 9.26 Å². The molecule has 1 fully saturated rings. The molecule has 10 heteroatoms. The number of morpholine rings is 1. The van der Waals surface area contributed by atoms with E-state index < -0.39 is 0 Å². The van der Waals surface area contributed by atoms with Crippen LogP contribution >= 0.6 is 0 Å². The summed E-state index contributed by atoms with van der Waals surface area (Å²) in [7, 11) is 0. The molecule has 10 nitrogen and oxygen atoms in total. The summed E-state index contributed by atoms with van der Waals surface area (Å²) >= 11 is 0. The zero-order chi connectivity index (χ0) is 23.5. The van der Waals surface area contributed by atoms with Crippen molar-refractivity contribution >= 4 is 17.0 Å². The minimum absolute atomic E-state index is 0.221. The molecule has 176 valence electrons. The molecule has 5 heterocycles. The summed E-state index contributed by atoms with van der Waals surface area (Å²) in [5, 5.41) is 7.28. The first-order valence-electron chi connectivity index (χ1n) is 11.4. The van der Waals surface area contributed by atoms with E-state index in [0.29, 0.717) is 41.5 Å². The highest BCUT2D eigenvalue weighted by Gasteiger charge is 2.18. The van der Waals surface area contributed by atoms with E-state index in [-0.39, 0.29) is 5.56 Å². The van der Waals surface area contributed by atoms with Crippen LogP contribution < -0.4 is 10.9 Å². The molecule has 5 rings (SSSR count). The minimum atomic E-state index is -0.221. The average molecular weight is 462 g/mol. The number of pyridine rings is 2. The Morgan fingerprint density at radius 3 is 2.71 bits per heavy atom. The van der Waals surface area contributed by atoms with E-state index in [1.807, 2.05) is 38.1 Å².